The van der Waals surface area contributed by atoms with Crippen LogP contribution in [0.2, 0.25) is 0 Å². The molecule has 1 aliphatic heterocycles. The normalized spacial score (nSPS) is 16.4. The molecule has 0 atom stereocenters. The summed E-state index contributed by atoms with van der Waals surface area (Å²) in [5.41, 5.74) is 0.426. The molecule has 1 saturated heterocycles. The van der Waals surface area contributed by atoms with Gasteiger partial charge in [0.05, 0.1) is 5.69 Å². The van der Waals surface area contributed by atoms with Crippen molar-refractivity contribution in [1.29, 1.82) is 0 Å². The highest BCUT2D eigenvalue weighted by molar-refractivity contribution is 5.85. The molecule has 0 aromatic heterocycles. The van der Waals surface area contributed by atoms with E-state index in [1.54, 1.807) is 26.8 Å². The Hall–Kier alpha value is -1.66. The van der Waals surface area contributed by atoms with Gasteiger partial charge in [-0.05, 0) is 38.5 Å². The number of piperazine rings is 1. The van der Waals surface area contributed by atoms with Gasteiger partial charge in [-0.2, -0.15) is 0 Å². The molecule has 1 aromatic rings. The van der Waals surface area contributed by atoms with Crippen molar-refractivity contribution in [1.82, 2.24) is 10.2 Å². The monoisotopic (exact) mass is 309 g/mol. The van der Waals surface area contributed by atoms with E-state index < -0.39 is 17.5 Å². The van der Waals surface area contributed by atoms with Gasteiger partial charge in [0.25, 0.3) is 0 Å². The van der Waals surface area contributed by atoms with Crippen molar-refractivity contribution in [2.24, 2.45) is 0 Å². The number of ether oxygens (including phenoxy) is 1. The number of amides is 1. The molecular weight excluding hydrogens is 285 g/mol. The molecule has 0 aliphatic carbocycles. The highest BCUT2D eigenvalue weighted by atomic mass is 19.1. The van der Waals surface area contributed by atoms with Gasteiger partial charge in [0, 0.05) is 32.7 Å². The third-order valence-electron chi connectivity index (χ3n) is 3.28. The van der Waals surface area contributed by atoms with Crippen LogP contribution in [0.15, 0.2) is 18.2 Å². The summed E-state index contributed by atoms with van der Waals surface area (Å²) in [7, 11) is 0. The molecule has 0 bridgehead atoms. The fraction of sp³-hybridized carbons (Fsp3) is 0.562. The van der Waals surface area contributed by atoms with Gasteiger partial charge in [-0.1, -0.05) is 6.07 Å². The van der Waals surface area contributed by atoms with E-state index in [0.717, 1.165) is 31.7 Å². The number of carbonyl (C=O) groups is 1. The van der Waals surface area contributed by atoms with Crippen LogP contribution in [0.1, 0.15) is 26.3 Å². The quantitative estimate of drug-likeness (QED) is 0.901. The van der Waals surface area contributed by atoms with Crippen molar-refractivity contribution < 1.29 is 13.9 Å². The van der Waals surface area contributed by atoms with Gasteiger partial charge in [-0.15, -0.1) is 0 Å². The van der Waals surface area contributed by atoms with Crippen molar-refractivity contribution in [2.75, 3.05) is 31.5 Å². The maximum atomic E-state index is 14.1. The second kappa shape index (κ2) is 7.07. The predicted molar refractivity (Wildman–Crippen MR) is 84.4 cm³/mol. The molecule has 0 spiro atoms. The molecule has 2 N–H and O–H groups in total. The number of halogens is 1. The van der Waals surface area contributed by atoms with Gasteiger partial charge in [-0.25, -0.2) is 9.18 Å². The zero-order chi connectivity index (χ0) is 16.2. The number of carbonyl (C=O) groups excluding carboxylic acids is 1. The molecule has 122 valence electrons. The molecule has 1 fully saturated rings. The zero-order valence-corrected chi connectivity index (χ0v) is 13.4. The lowest BCUT2D eigenvalue weighted by atomic mass is 10.1. The molecule has 0 saturated carbocycles. The van der Waals surface area contributed by atoms with E-state index in [1.807, 2.05) is 6.07 Å². The van der Waals surface area contributed by atoms with Gasteiger partial charge >= 0.3 is 6.09 Å². The number of rotatable bonds is 3. The first kappa shape index (κ1) is 16.7. The van der Waals surface area contributed by atoms with Crippen LogP contribution in [0.5, 0.6) is 0 Å². The van der Waals surface area contributed by atoms with Crippen molar-refractivity contribution in [2.45, 2.75) is 32.9 Å². The molecule has 22 heavy (non-hydrogen) atoms. The van der Waals surface area contributed by atoms with Crippen molar-refractivity contribution in [3.05, 3.63) is 29.6 Å². The first-order valence-electron chi connectivity index (χ1n) is 7.55. The Bertz CT molecular complexity index is 523. The standard InChI is InChI=1S/C16H24FN3O2/c1-16(2,3)22-15(21)19-14-5-4-12(10-13(14)17)11-20-8-6-18-7-9-20/h4-5,10,18H,6-9,11H2,1-3H3,(H,19,21). The van der Waals surface area contributed by atoms with Crippen LogP contribution >= 0.6 is 0 Å². The molecule has 5 nitrogen and oxygen atoms in total. The van der Waals surface area contributed by atoms with Gasteiger partial charge in [0.15, 0.2) is 0 Å². The Morgan fingerprint density at radius 2 is 2.05 bits per heavy atom. The lowest BCUT2D eigenvalue weighted by Crippen LogP contribution is -2.42. The molecule has 0 radical (unpaired) electrons. The van der Waals surface area contributed by atoms with Crippen LogP contribution in [-0.4, -0.2) is 42.8 Å². The summed E-state index contributed by atoms with van der Waals surface area (Å²) in [6.45, 7) is 9.84. The van der Waals surface area contributed by atoms with Crippen molar-refractivity contribution >= 4 is 11.8 Å². The summed E-state index contributed by atoms with van der Waals surface area (Å²) in [6.07, 6.45) is -0.652. The molecule has 2 rings (SSSR count). The number of anilines is 1. The number of benzene rings is 1. The van der Waals surface area contributed by atoms with Crippen LogP contribution in [0, 0.1) is 5.82 Å². The van der Waals surface area contributed by atoms with Crippen molar-refractivity contribution in [3.63, 3.8) is 0 Å². The van der Waals surface area contributed by atoms with E-state index in [1.165, 1.54) is 6.07 Å². The van der Waals surface area contributed by atoms with Crippen LogP contribution < -0.4 is 10.6 Å². The van der Waals surface area contributed by atoms with E-state index in [9.17, 15) is 9.18 Å². The van der Waals surface area contributed by atoms with Crippen LogP contribution in [-0.2, 0) is 11.3 Å². The molecule has 6 heteroatoms. The highest BCUT2D eigenvalue weighted by Crippen LogP contribution is 2.18. The molecule has 1 heterocycles. The van der Waals surface area contributed by atoms with Crippen LogP contribution in [0.3, 0.4) is 0 Å². The Labute approximate surface area is 130 Å². The average Bonchev–Trinajstić information content (AvgIpc) is 2.41. The Morgan fingerprint density at radius 3 is 2.64 bits per heavy atom. The summed E-state index contributed by atoms with van der Waals surface area (Å²) in [4.78, 5) is 13.9. The third kappa shape index (κ3) is 5.27. The lowest BCUT2D eigenvalue weighted by Gasteiger charge is -2.27. The maximum absolute atomic E-state index is 14.1. The van der Waals surface area contributed by atoms with E-state index in [2.05, 4.69) is 15.5 Å². The highest BCUT2D eigenvalue weighted by Gasteiger charge is 2.18. The number of hydrogen-bond donors (Lipinski definition) is 2. The van der Waals surface area contributed by atoms with E-state index in [-0.39, 0.29) is 5.69 Å². The van der Waals surface area contributed by atoms with E-state index in [4.69, 9.17) is 4.74 Å². The lowest BCUT2D eigenvalue weighted by molar-refractivity contribution is 0.0635. The Balaban J connectivity index is 1.95. The predicted octanol–water partition coefficient (Wildman–Crippen LogP) is 2.58. The SMILES string of the molecule is CC(C)(C)OC(=O)Nc1ccc(CN2CCNCC2)cc1F. The Kier molecular flexibility index (Phi) is 5.37. The molecule has 1 amide bonds. The maximum Gasteiger partial charge on any atom is 0.412 e. The van der Waals surface area contributed by atoms with Crippen molar-refractivity contribution in [3.8, 4) is 0 Å². The minimum atomic E-state index is -0.652. The fourth-order valence-electron chi connectivity index (χ4n) is 2.30. The zero-order valence-electron chi connectivity index (χ0n) is 13.4. The number of nitrogens with one attached hydrogen (secondary N) is 2. The van der Waals surface area contributed by atoms with E-state index in [0.29, 0.717) is 6.54 Å². The largest absolute Gasteiger partial charge is 0.444 e. The first-order chi connectivity index (χ1) is 10.3. The number of nitrogens with zero attached hydrogens (tertiary/aromatic N) is 1. The first-order valence-corrected chi connectivity index (χ1v) is 7.55. The summed E-state index contributed by atoms with van der Waals surface area (Å²) in [6, 6.07) is 4.88. The second-order valence-electron chi connectivity index (χ2n) is 6.47. The molecule has 1 aliphatic rings. The molecular formula is C16H24FN3O2. The minimum absolute atomic E-state index is 0.137. The fourth-order valence-corrected chi connectivity index (χ4v) is 2.30. The topological polar surface area (TPSA) is 53.6 Å². The molecule has 1 aromatic carbocycles. The average molecular weight is 309 g/mol. The Morgan fingerprint density at radius 1 is 1.36 bits per heavy atom. The summed E-state index contributed by atoms with van der Waals surface area (Å²) < 4.78 is 19.2. The van der Waals surface area contributed by atoms with Crippen LogP contribution in [0.25, 0.3) is 0 Å². The minimum Gasteiger partial charge on any atom is -0.444 e. The summed E-state index contributed by atoms with van der Waals surface area (Å²) >= 11 is 0. The van der Waals surface area contributed by atoms with Gasteiger partial charge in [-0.3, -0.25) is 10.2 Å². The van der Waals surface area contributed by atoms with E-state index >= 15 is 0 Å². The second-order valence-corrected chi connectivity index (χ2v) is 6.47. The van der Waals surface area contributed by atoms with Gasteiger partial charge in [0.2, 0.25) is 0 Å². The summed E-state index contributed by atoms with van der Waals surface area (Å²) in [5.74, 6) is -0.446. The molecule has 0 unspecified atom stereocenters. The smallest absolute Gasteiger partial charge is 0.412 e. The summed E-state index contributed by atoms with van der Waals surface area (Å²) in [5, 5.41) is 5.72. The van der Waals surface area contributed by atoms with Gasteiger partial charge in [0.1, 0.15) is 11.4 Å². The third-order valence-corrected chi connectivity index (χ3v) is 3.28. The van der Waals surface area contributed by atoms with Gasteiger partial charge < -0.3 is 10.1 Å². The van der Waals surface area contributed by atoms with Crippen LogP contribution in [0.4, 0.5) is 14.9 Å². The number of hydrogen-bond acceptors (Lipinski definition) is 4.